The Morgan fingerprint density at radius 2 is 1.17 bits per heavy atom. The van der Waals surface area contributed by atoms with Crippen LogP contribution in [0.2, 0.25) is 0 Å². The Bertz CT molecular complexity index is 971. The molecule has 1 aromatic heterocycles. The fourth-order valence-corrected chi connectivity index (χ4v) is 2.91. The van der Waals surface area contributed by atoms with E-state index in [0.29, 0.717) is 17.1 Å². The number of aryl methyl sites for hydroxylation is 1. The second kappa shape index (κ2) is 6.29. The van der Waals surface area contributed by atoms with Gasteiger partial charge in [-0.05, 0) is 55.5 Å². The van der Waals surface area contributed by atoms with Crippen LogP contribution in [0.4, 0.5) is 0 Å². The Morgan fingerprint density at radius 3 is 1.65 bits per heavy atom. The first-order valence-corrected chi connectivity index (χ1v) is 8.43. The Hall–Kier alpha value is -1.92. The topological polar surface area (TPSA) is 44.0 Å². The molecule has 0 spiro atoms. The van der Waals surface area contributed by atoms with Gasteiger partial charge in [0.2, 0.25) is 0 Å². The molecule has 3 aromatic rings. The quantitative estimate of drug-likeness (QED) is 0.614. The van der Waals surface area contributed by atoms with E-state index in [-0.39, 0.29) is 11.2 Å². The van der Waals surface area contributed by atoms with E-state index in [0.717, 1.165) is 8.95 Å². The SMILES string of the molecule is Cc1cc(=O)n(-c2ccc(Br)cc2)c(=O)n1-c1ccc(Br)cc1. The zero-order valence-electron chi connectivity index (χ0n) is 12.2. The minimum absolute atomic E-state index is 0.344. The third-order valence-electron chi connectivity index (χ3n) is 3.46. The molecule has 23 heavy (non-hydrogen) atoms. The molecule has 0 saturated carbocycles. The number of hydrogen-bond donors (Lipinski definition) is 0. The second-order valence-electron chi connectivity index (χ2n) is 5.03. The van der Waals surface area contributed by atoms with Crippen molar-refractivity contribution in [2.24, 2.45) is 0 Å². The summed E-state index contributed by atoms with van der Waals surface area (Å²) in [6.07, 6.45) is 0. The van der Waals surface area contributed by atoms with Gasteiger partial charge in [-0.2, -0.15) is 0 Å². The van der Waals surface area contributed by atoms with Crippen LogP contribution in [0, 0.1) is 6.92 Å². The highest BCUT2D eigenvalue weighted by molar-refractivity contribution is 9.10. The van der Waals surface area contributed by atoms with E-state index in [9.17, 15) is 9.59 Å². The Balaban J connectivity index is 2.29. The maximum Gasteiger partial charge on any atom is 0.340 e. The van der Waals surface area contributed by atoms with E-state index in [2.05, 4.69) is 31.9 Å². The van der Waals surface area contributed by atoms with Gasteiger partial charge in [0.15, 0.2) is 0 Å². The molecule has 6 heteroatoms. The van der Waals surface area contributed by atoms with Gasteiger partial charge in [0, 0.05) is 20.7 Å². The molecule has 0 bridgehead atoms. The van der Waals surface area contributed by atoms with Crippen LogP contribution in [0.1, 0.15) is 5.69 Å². The lowest BCUT2D eigenvalue weighted by molar-refractivity contribution is 0.778. The molecule has 1 heterocycles. The van der Waals surface area contributed by atoms with Crippen molar-refractivity contribution in [1.29, 1.82) is 0 Å². The first-order valence-electron chi connectivity index (χ1n) is 6.85. The van der Waals surface area contributed by atoms with Crippen molar-refractivity contribution in [1.82, 2.24) is 9.13 Å². The number of nitrogens with zero attached hydrogens (tertiary/aromatic N) is 2. The van der Waals surface area contributed by atoms with Gasteiger partial charge >= 0.3 is 5.69 Å². The molecule has 0 atom stereocenters. The van der Waals surface area contributed by atoms with Crippen molar-refractivity contribution >= 4 is 31.9 Å². The van der Waals surface area contributed by atoms with Gasteiger partial charge in [0.25, 0.3) is 5.56 Å². The van der Waals surface area contributed by atoms with Crippen molar-refractivity contribution in [3.05, 3.63) is 90.1 Å². The highest BCUT2D eigenvalue weighted by atomic mass is 79.9. The van der Waals surface area contributed by atoms with Crippen LogP contribution in [-0.2, 0) is 0 Å². The molecule has 0 aliphatic carbocycles. The smallest absolute Gasteiger partial charge is 0.269 e. The Kier molecular flexibility index (Phi) is 4.37. The highest BCUT2D eigenvalue weighted by Gasteiger charge is 2.12. The standard InChI is InChI=1S/C17H12Br2N2O2/c1-11-10-16(22)21(15-8-4-13(19)5-9-15)17(23)20(11)14-6-2-12(18)3-7-14/h2-10H,1H3. The van der Waals surface area contributed by atoms with Crippen LogP contribution in [-0.4, -0.2) is 9.13 Å². The van der Waals surface area contributed by atoms with Crippen molar-refractivity contribution in [2.45, 2.75) is 6.92 Å². The molecule has 0 saturated heterocycles. The minimum atomic E-state index is -0.389. The van der Waals surface area contributed by atoms with Crippen LogP contribution in [0.15, 0.2) is 73.1 Å². The maximum absolute atomic E-state index is 12.9. The monoisotopic (exact) mass is 434 g/mol. The summed E-state index contributed by atoms with van der Waals surface area (Å²) in [6, 6.07) is 15.9. The predicted octanol–water partition coefficient (Wildman–Crippen LogP) is 3.82. The fraction of sp³-hybridized carbons (Fsp3) is 0.0588. The molecule has 0 fully saturated rings. The van der Waals surface area contributed by atoms with E-state index in [1.165, 1.54) is 15.2 Å². The van der Waals surface area contributed by atoms with Crippen LogP contribution >= 0.6 is 31.9 Å². The van der Waals surface area contributed by atoms with Crippen LogP contribution < -0.4 is 11.2 Å². The van der Waals surface area contributed by atoms with E-state index in [1.807, 2.05) is 24.3 Å². The zero-order chi connectivity index (χ0) is 16.6. The third-order valence-corrected chi connectivity index (χ3v) is 4.52. The second-order valence-corrected chi connectivity index (χ2v) is 6.86. The molecule has 0 unspecified atom stereocenters. The summed E-state index contributed by atoms with van der Waals surface area (Å²) in [6.45, 7) is 1.75. The van der Waals surface area contributed by atoms with E-state index in [4.69, 9.17) is 0 Å². The van der Waals surface area contributed by atoms with Crippen molar-refractivity contribution in [3.63, 3.8) is 0 Å². The lowest BCUT2D eigenvalue weighted by Crippen LogP contribution is -2.38. The predicted molar refractivity (Wildman–Crippen MR) is 97.8 cm³/mol. The normalized spacial score (nSPS) is 10.7. The number of benzene rings is 2. The third kappa shape index (κ3) is 3.09. The molecule has 2 aromatic carbocycles. The lowest BCUT2D eigenvalue weighted by atomic mass is 10.3. The maximum atomic E-state index is 12.9. The first kappa shape index (κ1) is 16.0. The molecule has 0 aliphatic heterocycles. The molecule has 4 nitrogen and oxygen atoms in total. The van der Waals surface area contributed by atoms with Crippen LogP contribution in [0.25, 0.3) is 11.4 Å². The zero-order valence-corrected chi connectivity index (χ0v) is 15.3. The number of hydrogen-bond acceptors (Lipinski definition) is 2. The molecule has 0 radical (unpaired) electrons. The molecule has 0 aliphatic rings. The van der Waals surface area contributed by atoms with Crippen LogP contribution in [0.5, 0.6) is 0 Å². The number of halogens is 2. The van der Waals surface area contributed by atoms with Crippen molar-refractivity contribution in [2.75, 3.05) is 0 Å². The lowest BCUT2D eigenvalue weighted by Gasteiger charge is -2.13. The molecule has 0 N–H and O–H groups in total. The van der Waals surface area contributed by atoms with Gasteiger partial charge in [0.1, 0.15) is 0 Å². The number of aromatic nitrogens is 2. The van der Waals surface area contributed by atoms with Gasteiger partial charge in [-0.25, -0.2) is 9.36 Å². The van der Waals surface area contributed by atoms with Gasteiger partial charge < -0.3 is 0 Å². The van der Waals surface area contributed by atoms with Gasteiger partial charge in [-0.3, -0.25) is 9.36 Å². The average molecular weight is 436 g/mol. The molecule has 3 rings (SSSR count). The summed E-state index contributed by atoms with van der Waals surface area (Å²) in [5.41, 5.74) is 1.11. The highest BCUT2D eigenvalue weighted by Crippen LogP contribution is 2.15. The first-order chi connectivity index (χ1) is 11.0. The summed E-state index contributed by atoms with van der Waals surface area (Å²) in [4.78, 5) is 25.2. The minimum Gasteiger partial charge on any atom is -0.269 e. The summed E-state index contributed by atoms with van der Waals surface area (Å²) in [7, 11) is 0. The van der Waals surface area contributed by atoms with Gasteiger partial charge in [-0.1, -0.05) is 31.9 Å². The number of rotatable bonds is 2. The summed E-state index contributed by atoms with van der Waals surface area (Å²) in [5, 5.41) is 0. The summed E-state index contributed by atoms with van der Waals surface area (Å²) >= 11 is 6.73. The Morgan fingerprint density at radius 1 is 0.739 bits per heavy atom. The molecule has 0 amide bonds. The van der Waals surface area contributed by atoms with Crippen molar-refractivity contribution < 1.29 is 0 Å². The van der Waals surface area contributed by atoms with E-state index < -0.39 is 0 Å². The van der Waals surface area contributed by atoms with E-state index in [1.54, 1.807) is 31.2 Å². The largest absolute Gasteiger partial charge is 0.340 e. The molecule has 116 valence electrons. The Labute approximate surface area is 149 Å². The van der Waals surface area contributed by atoms with Crippen LogP contribution in [0.3, 0.4) is 0 Å². The molecular formula is C17H12Br2N2O2. The van der Waals surface area contributed by atoms with Gasteiger partial charge in [-0.15, -0.1) is 0 Å². The van der Waals surface area contributed by atoms with Crippen molar-refractivity contribution in [3.8, 4) is 11.4 Å². The average Bonchev–Trinajstić information content (AvgIpc) is 2.50. The fourth-order valence-electron chi connectivity index (χ4n) is 2.39. The summed E-state index contributed by atoms with van der Waals surface area (Å²) in [5.74, 6) is 0. The summed E-state index contributed by atoms with van der Waals surface area (Å²) < 4.78 is 4.50. The molecular weight excluding hydrogens is 424 g/mol. The van der Waals surface area contributed by atoms with E-state index >= 15 is 0 Å². The van der Waals surface area contributed by atoms with Gasteiger partial charge in [0.05, 0.1) is 11.4 Å².